The Kier molecular flexibility index (Phi) is 3.33. The molecule has 0 amide bonds. The van der Waals surface area contributed by atoms with E-state index < -0.39 is 16.1 Å². The molecule has 106 valence electrons. The molecule has 2 N–H and O–H groups in total. The smallest absolute Gasteiger partial charge is 0.309 e. The summed E-state index contributed by atoms with van der Waals surface area (Å²) in [7, 11) is 0. The summed E-state index contributed by atoms with van der Waals surface area (Å²) in [5, 5.41) is 0. The maximum absolute atomic E-state index is 11.6. The largest absolute Gasteiger partial charge is 0.325 e. The van der Waals surface area contributed by atoms with Crippen molar-refractivity contribution < 1.29 is 0 Å². The highest BCUT2D eigenvalue weighted by molar-refractivity contribution is 6.48. The topological polar surface area (TPSA) is 90.4 Å². The molecule has 20 heavy (non-hydrogen) atoms. The molecule has 0 atom stereocenters. The third-order valence-electron chi connectivity index (χ3n) is 3.68. The van der Waals surface area contributed by atoms with Crippen molar-refractivity contribution in [3.63, 3.8) is 0 Å². The monoisotopic (exact) mass is 294 g/mol. The Balaban J connectivity index is 2.19. The number of aromatic amines is 2. The first-order chi connectivity index (χ1) is 9.60. The lowest BCUT2D eigenvalue weighted by Gasteiger charge is -2.27. The number of H-pyrrole nitrogens is 2. The van der Waals surface area contributed by atoms with E-state index in [1.165, 1.54) is 6.07 Å². The van der Waals surface area contributed by atoms with Gasteiger partial charge in [0.1, 0.15) is 0 Å². The summed E-state index contributed by atoms with van der Waals surface area (Å²) in [6.45, 7) is 1.45. The molecule has 3 heterocycles. The number of nitrogens with zero attached hydrogens (tertiary/aromatic N) is 2. The molecule has 7 heteroatoms. The molecule has 0 radical (unpaired) electrons. The molecule has 0 aliphatic carbocycles. The van der Waals surface area contributed by atoms with Crippen LogP contribution in [0, 0.1) is 0 Å². The SMILES string of the molecule is O=c1cc(C(Cl)(C2=NCCC2)C2=NCCC2)[nH]c(=O)[nH]1. The molecule has 0 spiro atoms. The van der Waals surface area contributed by atoms with Crippen molar-refractivity contribution in [2.45, 2.75) is 30.6 Å². The molecule has 0 saturated carbocycles. The van der Waals surface area contributed by atoms with E-state index in [1.54, 1.807) is 0 Å². The standard InChI is InChI=1S/C13H15ClN4O2/c14-13(8-3-1-5-15-8,9-4-2-6-16-9)10-7-11(19)18-12(20)17-10/h7H,1-6H2,(H2,17,18,19,20). The van der Waals surface area contributed by atoms with E-state index in [4.69, 9.17) is 11.6 Å². The highest BCUT2D eigenvalue weighted by Gasteiger charge is 2.43. The van der Waals surface area contributed by atoms with Crippen LogP contribution in [0.3, 0.4) is 0 Å². The van der Waals surface area contributed by atoms with Crippen LogP contribution in [-0.2, 0) is 4.87 Å². The molecular weight excluding hydrogens is 280 g/mol. The number of aliphatic imine (C=N–C) groups is 2. The van der Waals surface area contributed by atoms with E-state index in [2.05, 4.69) is 20.0 Å². The van der Waals surface area contributed by atoms with Crippen LogP contribution in [0.1, 0.15) is 31.4 Å². The Hall–Kier alpha value is -1.69. The van der Waals surface area contributed by atoms with Crippen molar-refractivity contribution in [3.8, 4) is 0 Å². The highest BCUT2D eigenvalue weighted by atomic mass is 35.5. The zero-order valence-electron chi connectivity index (χ0n) is 10.9. The Morgan fingerprint density at radius 3 is 2.10 bits per heavy atom. The molecule has 0 unspecified atom stereocenters. The second-order valence-corrected chi connectivity index (χ2v) is 5.59. The van der Waals surface area contributed by atoms with E-state index in [1.807, 2.05) is 0 Å². The van der Waals surface area contributed by atoms with Gasteiger partial charge < -0.3 is 4.98 Å². The normalized spacial score (nSPS) is 19.1. The minimum atomic E-state index is -1.07. The fourth-order valence-electron chi connectivity index (χ4n) is 2.77. The lowest BCUT2D eigenvalue weighted by atomic mass is 9.89. The first kappa shape index (κ1) is 13.3. The van der Waals surface area contributed by atoms with Gasteiger partial charge in [-0.1, -0.05) is 11.6 Å². The Labute approximate surface area is 120 Å². The van der Waals surface area contributed by atoms with Gasteiger partial charge in [0, 0.05) is 30.6 Å². The first-order valence-electron chi connectivity index (χ1n) is 6.71. The van der Waals surface area contributed by atoms with Crippen molar-refractivity contribution in [2.75, 3.05) is 13.1 Å². The number of alkyl halides is 1. The summed E-state index contributed by atoms with van der Waals surface area (Å²) in [6.07, 6.45) is 3.39. The van der Waals surface area contributed by atoms with Crippen molar-refractivity contribution in [1.29, 1.82) is 0 Å². The third kappa shape index (κ3) is 2.14. The number of hydrogen-bond donors (Lipinski definition) is 2. The quantitative estimate of drug-likeness (QED) is 0.813. The Bertz CT molecular complexity index is 649. The van der Waals surface area contributed by atoms with Crippen LogP contribution in [0.25, 0.3) is 0 Å². The van der Waals surface area contributed by atoms with Gasteiger partial charge in [-0.25, -0.2) is 4.79 Å². The lowest BCUT2D eigenvalue weighted by molar-refractivity contribution is 0.884. The van der Waals surface area contributed by atoms with Crippen LogP contribution in [-0.4, -0.2) is 34.5 Å². The minimum Gasteiger partial charge on any atom is -0.309 e. The molecule has 0 bridgehead atoms. The average molecular weight is 295 g/mol. The second kappa shape index (κ2) is 5.01. The van der Waals surface area contributed by atoms with Gasteiger partial charge in [-0.15, -0.1) is 0 Å². The van der Waals surface area contributed by atoms with E-state index >= 15 is 0 Å². The summed E-state index contributed by atoms with van der Waals surface area (Å²) in [5.74, 6) is 0. The number of nitrogens with one attached hydrogen (secondary N) is 2. The van der Waals surface area contributed by atoms with Gasteiger partial charge >= 0.3 is 5.69 Å². The lowest BCUT2D eigenvalue weighted by Crippen LogP contribution is -2.41. The second-order valence-electron chi connectivity index (χ2n) is 5.02. The van der Waals surface area contributed by atoms with Gasteiger partial charge in [-0.3, -0.25) is 19.8 Å². The van der Waals surface area contributed by atoms with Crippen LogP contribution in [0.5, 0.6) is 0 Å². The van der Waals surface area contributed by atoms with Crippen molar-refractivity contribution >= 4 is 23.0 Å². The van der Waals surface area contributed by atoms with Gasteiger partial charge in [0.25, 0.3) is 5.56 Å². The zero-order valence-corrected chi connectivity index (χ0v) is 11.7. The van der Waals surface area contributed by atoms with Gasteiger partial charge in [0.05, 0.1) is 5.69 Å². The predicted octanol–water partition coefficient (Wildman–Crippen LogP) is 0.967. The van der Waals surface area contributed by atoms with Crippen molar-refractivity contribution in [2.24, 2.45) is 9.98 Å². The average Bonchev–Trinajstić information content (AvgIpc) is 3.10. The summed E-state index contributed by atoms with van der Waals surface area (Å²) in [6, 6.07) is 1.33. The molecule has 0 aromatic carbocycles. The first-order valence-corrected chi connectivity index (χ1v) is 7.09. The number of aromatic nitrogens is 2. The van der Waals surface area contributed by atoms with Gasteiger partial charge in [-0.05, 0) is 25.7 Å². The maximum atomic E-state index is 11.6. The molecule has 3 rings (SSSR count). The van der Waals surface area contributed by atoms with Gasteiger partial charge in [-0.2, -0.15) is 0 Å². The van der Waals surface area contributed by atoms with Crippen molar-refractivity contribution in [1.82, 2.24) is 9.97 Å². The summed E-state index contributed by atoms with van der Waals surface area (Å²) < 4.78 is 0. The minimum absolute atomic E-state index is 0.370. The highest BCUT2D eigenvalue weighted by Crippen LogP contribution is 2.37. The van der Waals surface area contributed by atoms with Gasteiger partial charge in [0.15, 0.2) is 4.87 Å². The van der Waals surface area contributed by atoms with Crippen LogP contribution in [0.15, 0.2) is 25.6 Å². The Morgan fingerprint density at radius 2 is 1.65 bits per heavy atom. The number of halogens is 1. The maximum Gasteiger partial charge on any atom is 0.325 e. The zero-order chi connectivity index (χ0) is 14.2. The van der Waals surface area contributed by atoms with Crippen LogP contribution < -0.4 is 11.2 Å². The molecule has 2 aliphatic heterocycles. The molecule has 0 fully saturated rings. The van der Waals surface area contributed by atoms with Gasteiger partial charge in [0.2, 0.25) is 0 Å². The fraction of sp³-hybridized carbons (Fsp3) is 0.538. The van der Waals surface area contributed by atoms with E-state index in [0.717, 1.165) is 50.2 Å². The molecule has 6 nitrogen and oxygen atoms in total. The van der Waals surface area contributed by atoms with Crippen molar-refractivity contribution in [3.05, 3.63) is 32.6 Å². The van der Waals surface area contributed by atoms with Crippen LogP contribution >= 0.6 is 11.6 Å². The summed E-state index contributed by atoms with van der Waals surface area (Å²) in [5.41, 5.74) is 0.928. The van der Waals surface area contributed by atoms with Crippen LogP contribution in [0.4, 0.5) is 0 Å². The number of hydrogen-bond acceptors (Lipinski definition) is 4. The van der Waals surface area contributed by atoms with E-state index in [9.17, 15) is 9.59 Å². The van der Waals surface area contributed by atoms with Crippen LogP contribution in [0.2, 0.25) is 0 Å². The summed E-state index contributed by atoms with van der Waals surface area (Å²) >= 11 is 6.84. The molecule has 2 aliphatic rings. The molecule has 1 aromatic heterocycles. The predicted molar refractivity (Wildman–Crippen MR) is 78.3 cm³/mol. The van der Waals surface area contributed by atoms with E-state index in [0.29, 0.717) is 5.69 Å². The fourth-order valence-corrected chi connectivity index (χ4v) is 3.18. The number of rotatable bonds is 3. The third-order valence-corrected chi connectivity index (χ3v) is 4.32. The van der Waals surface area contributed by atoms with E-state index in [-0.39, 0.29) is 0 Å². The summed E-state index contributed by atoms with van der Waals surface area (Å²) in [4.78, 5) is 35.8. The molecule has 0 saturated heterocycles. The Morgan fingerprint density at radius 1 is 1.05 bits per heavy atom. The molecular formula is C13H15ClN4O2. The molecule has 1 aromatic rings.